The number of methoxy groups -OCH3 is 1. The topological polar surface area (TPSA) is 64.9 Å². The number of halogens is 1. The first-order valence-corrected chi connectivity index (χ1v) is 6.34. The molecule has 0 saturated carbocycles. The second-order valence-corrected chi connectivity index (χ2v) is 4.65. The summed E-state index contributed by atoms with van der Waals surface area (Å²) in [6, 6.07) is 2.91. The Morgan fingerprint density at radius 3 is 2.76 bits per heavy atom. The zero-order valence-electron chi connectivity index (χ0n) is 11.9. The number of aromatic nitrogens is 4. The van der Waals surface area contributed by atoms with E-state index < -0.39 is 5.82 Å². The lowest BCUT2D eigenvalue weighted by molar-refractivity contribution is 0.387. The smallest absolute Gasteiger partial charge is 0.167 e. The Balaban J connectivity index is 2.12. The average molecular weight is 287 g/mol. The summed E-state index contributed by atoms with van der Waals surface area (Å²) >= 11 is 0. The summed E-state index contributed by atoms with van der Waals surface area (Å²) in [4.78, 5) is 8.30. The molecule has 1 N–H and O–H groups in total. The van der Waals surface area contributed by atoms with Crippen LogP contribution >= 0.6 is 0 Å². The van der Waals surface area contributed by atoms with Crippen LogP contribution in [0.25, 0.3) is 10.9 Å². The molecule has 0 amide bonds. The Morgan fingerprint density at radius 2 is 2.10 bits per heavy atom. The van der Waals surface area contributed by atoms with Crippen LogP contribution in [0.15, 0.2) is 24.7 Å². The van der Waals surface area contributed by atoms with Crippen molar-refractivity contribution < 1.29 is 9.13 Å². The molecule has 0 aliphatic heterocycles. The first-order chi connectivity index (χ1) is 10.1. The van der Waals surface area contributed by atoms with Gasteiger partial charge in [0.25, 0.3) is 0 Å². The van der Waals surface area contributed by atoms with Gasteiger partial charge in [0, 0.05) is 24.7 Å². The minimum Gasteiger partial charge on any atom is -0.494 e. The van der Waals surface area contributed by atoms with Crippen molar-refractivity contribution >= 4 is 22.4 Å². The van der Waals surface area contributed by atoms with Crippen molar-refractivity contribution in [2.24, 2.45) is 7.05 Å². The third kappa shape index (κ3) is 2.37. The fourth-order valence-corrected chi connectivity index (χ4v) is 2.16. The van der Waals surface area contributed by atoms with Gasteiger partial charge in [0.15, 0.2) is 11.6 Å². The Morgan fingerprint density at radius 1 is 1.29 bits per heavy atom. The van der Waals surface area contributed by atoms with Crippen molar-refractivity contribution in [2.75, 3.05) is 12.4 Å². The largest absolute Gasteiger partial charge is 0.494 e. The summed E-state index contributed by atoms with van der Waals surface area (Å²) < 4.78 is 20.4. The van der Waals surface area contributed by atoms with E-state index in [4.69, 9.17) is 4.74 Å². The molecule has 21 heavy (non-hydrogen) atoms. The highest BCUT2D eigenvalue weighted by Gasteiger charge is 2.12. The molecule has 2 heterocycles. The quantitative estimate of drug-likeness (QED) is 0.802. The molecular weight excluding hydrogens is 273 g/mol. The van der Waals surface area contributed by atoms with E-state index in [1.54, 1.807) is 10.7 Å². The van der Waals surface area contributed by atoms with E-state index in [1.165, 1.54) is 19.5 Å². The molecule has 0 saturated heterocycles. The van der Waals surface area contributed by atoms with Crippen LogP contribution in [0.5, 0.6) is 5.75 Å². The average Bonchev–Trinajstić information content (AvgIpc) is 2.76. The number of nitrogens with zero attached hydrogens (tertiary/aromatic N) is 4. The van der Waals surface area contributed by atoms with Crippen molar-refractivity contribution in [3.05, 3.63) is 36.2 Å². The molecule has 0 bridgehead atoms. The van der Waals surface area contributed by atoms with Crippen molar-refractivity contribution in [1.82, 2.24) is 19.7 Å². The van der Waals surface area contributed by atoms with Gasteiger partial charge >= 0.3 is 0 Å². The zero-order valence-corrected chi connectivity index (χ0v) is 11.9. The third-order valence-electron chi connectivity index (χ3n) is 3.18. The summed E-state index contributed by atoms with van der Waals surface area (Å²) in [6.07, 6.45) is 3.24. The van der Waals surface area contributed by atoms with Gasteiger partial charge < -0.3 is 10.1 Å². The molecule has 3 aromatic rings. The summed E-state index contributed by atoms with van der Waals surface area (Å²) in [5.74, 6) is 0.282. The van der Waals surface area contributed by atoms with Crippen LogP contribution in [0.3, 0.4) is 0 Å². The number of ether oxygens (including phenoxy) is 1. The van der Waals surface area contributed by atoms with Crippen molar-refractivity contribution in [2.45, 2.75) is 6.92 Å². The molecule has 3 rings (SSSR count). The minimum atomic E-state index is -0.452. The number of hydrogen-bond donors (Lipinski definition) is 1. The van der Waals surface area contributed by atoms with Gasteiger partial charge in [0.05, 0.1) is 24.0 Å². The van der Waals surface area contributed by atoms with E-state index in [0.717, 1.165) is 11.4 Å². The first-order valence-electron chi connectivity index (χ1n) is 6.34. The normalized spacial score (nSPS) is 10.9. The molecule has 0 fully saturated rings. The van der Waals surface area contributed by atoms with E-state index in [1.807, 2.05) is 20.2 Å². The van der Waals surface area contributed by atoms with Crippen LogP contribution in [-0.2, 0) is 7.05 Å². The van der Waals surface area contributed by atoms with Gasteiger partial charge in [0.1, 0.15) is 12.1 Å². The van der Waals surface area contributed by atoms with Crippen LogP contribution in [0.2, 0.25) is 0 Å². The highest BCUT2D eigenvalue weighted by molar-refractivity contribution is 5.91. The molecule has 6 nitrogen and oxygen atoms in total. The molecule has 0 aliphatic carbocycles. The second kappa shape index (κ2) is 5.01. The van der Waals surface area contributed by atoms with Gasteiger partial charge in [-0.2, -0.15) is 5.10 Å². The van der Waals surface area contributed by atoms with Gasteiger partial charge in [0.2, 0.25) is 0 Å². The number of hydrogen-bond acceptors (Lipinski definition) is 5. The Bertz CT molecular complexity index is 814. The third-order valence-corrected chi connectivity index (χ3v) is 3.18. The lowest BCUT2D eigenvalue weighted by Crippen LogP contribution is -1.98. The van der Waals surface area contributed by atoms with E-state index in [-0.39, 0.29) is 5.75 Å². The number of rotatable bonds is 3. The molecule has 0 atom stereocenters. The van der Waals surface area contributed by atoms with Crippen LogP contribution < -0.4 is 10.1 Å². The van der Waals surface area contributed by atoms with E-state index >= 15 is 0 Å². The Hall–Kier alpha value is -2.70. The summed E-state index contributed by atoms with van der Waals surface area (Å²) in [6.45, 7) is 1.89. The van der Waals surface area contributed by atoms with Crippen LogP contribution in [0.4, 0.5) is 15.9 Å². The molecule has 7 heteroatoms. The molecule has 0 spiro atoms. The second-order valence-electron chi connectivity index (χ2n) is 4.65. The lowest BCUT2D eigenvalue weighted by atomic mass is 10.2. The zero-order chi connectivity index (χ0) is 15.0. The van der Waals surface area contributed by atoms with Gasteiger partial charge in [-0.1, -0.05) is 0 Å². The predicted molar refractivity (Wildman–Crippen MR) is 77.3 cm³/mol. The fraction of sp³-hybridized carbons (Fsp3) is 0.214. The van der Waals surface area contributed by atoms with Crippen molar-refractivity contribution in [3.63, 3.8) is 0 Å². The molecule has 0 unspecified atom stereocenters. The first kappa shape index (κ1) is 13.3. The number of nitrogens with one attached hydrogen (secondary N) is 1. The van der Waals surface area contributed by atoms with Crippen LogP contribution in [-0.4, -0.2) is 26.9 Å². The molecule has 1 aromatic carbocycles. The minimum absolute atomic E-state index is 0.156. The molecular formula is C14H14FN5O. The number of benzene rings is 1. The van der Waals surface area contributed by atoms with Gasteiger partial charge in [-0.25, -0.2) is 14.4 Å². The number of fused-ring (bicyclic) bond motifs is 1. The summed E-state index contributed by atoms with van der Waals surface area (Å²) in [5.41, 5.74) is 2.19. The number of anilines is 2. The maximum Gasteiger partial charge on any atom is 0.167 e. The van der Waals surface area contributed by atoms with Gasteiger partial charge in [-0.15, -0.1) is 0 Å². The standard InChI is InChI=1S/C14H14FN5O/c1-8-12(6-20(2)19-8)18-14-9-4-13(21-3)10(15)5-11(9)16-7-17-14/h4-7H,1-3H3,(H,16,17,18). The van der Waals surface area contributed by atoms with Gasteiger partial charge in [-0.3, -0.25) is 4.68 Å². The highest BCUT2D eigenvalue weighted by Crippen LogP contribution is 2.29. The molecule has 108 valence electrons. The van der Waals surface area contributed by atoms with E-state index in [0.29, 0.717) is 16.7 Å². The van der Waals surface area contributed by atoms with Crippen LogP contribution in [0, 0.1) is 12.7 Å². The SMILES string of the molecule is COc1cc2c(Nc3cn(C)nc3C)ncnc2cc1F. The molecule has 0 aliphatic rings. The maximum absolute atomic E-state index is 13.7. The number of aryl methyl sites for hydroxylation is 2. The van der Waals surface area contributed by atoms with E-state index in [9.17, 15) is 4.39 Å². The van der Waals surface area contributed by atoms with Gasteiger partial charge in [-0.05, 0) is 13.0 Å². The lowest BCUT2D eigenvalue weighted by Gasteiger charge is -2.09. The monoisotopic (exact) mass is 287 g/mol. The summed E-state index contributed by atoms with van der Waals surface area (Å²) in [5, 5.41) is 8.14. The van der Waals surface area contributed by atoms with Crippen LogP contribution in [0.1, 0.15) is 5.69 Å². The highest BCUT2D eigenvalue weighted by atomic mass is 19.1. The Kier molecular flexibility index (Phi) is 3.17. The van der Waals surface area contributed by atoms with Crippen molar-refractivity contribution in [1.29, 1.82) is 0 Å². The van der Waals surface area contributed by atoms with Crippen molar-refractivity contribution in [3.8, 4) is 5.75 Å². The molecule has 2 aromatic heterocycles. The van der Waals surface area contributed by atoms with E-state index in [2.05, 4.69) is 20.4 Å². The Labute approximate surface area is 120 Å². The predicted octanol–water partition coefficient (Wildman–Crippen LogP) is 2.56. The molecule has 0 radical (unpaired) electrons. The fourth-order valence-electron chi connectivity index (χ4n) is 2.16. The summed E-state index contributed by atoms with van der Waals surface area (Å²) in [7, 11) is 3.26. The maximum atomic E-state index is 13.7.